The zero-order chi connectivity index (χ0) is 0. The van der Waals surface area contributed by atoms with Gasteiger partial charge in [0.05, 0.1) is 0 Å². The van der Waals surface area contributed by atoms with Gasteiger partial charge in [-0.1, -0.05) is 0 Å². The van der Waals surface area contributed by atoms with Crippen LogP contribution in [0, 0.1) is 0 Å². The fourth-order valence-electron chi connectivity index (χ4n) is 0. The molecule has 0 aromatic heterocycles. The molecule has 70 radical (unpaired) electrons. The van der Waals surface area contributed by atoms with Crippen LogP contribution in [0.3, 0.4) is 0 Å². The predicted octanol–water partition coefficient (Wildman–Crippen LogP) is -21.6. The quantitative estimate of drug-likeness (QED) is 0.204. The molecule has 0 heterocycles. The molecule has 0 saturated heterocycles. The van der Waals surface area contributed by atoms with Crippen molar-refractivity contribution in [3.63, 3.8) is 0 Å². The van der Waals surface area contributed by atoms with Crippen LogP contribution in [0.2, 0.25) is 0 Å². The summed E-state index contributed by atoms with van der Waals surface area (Å²) in [4.78, 5) is 0. The summed E-state index contributed by atoms with van der Waals surface area (Å²) < 4.78 is 0. The van der Waals surface area contributed by atoms with Gasteiger partial charge in [0, 0.05) is 0 Å². The maximum Gasteiger partial charge on any atom is 3.00 e. The van der Waals surface area contributed by atoms with E-state index >= 15 is 0 Å². The Bertz CT molecular complexity index is 96.4. The van der Waals surface area contributed by atoms with Crippen molar-refractivity contribution in [1.82, 2.24) is 0 Å². The van der Waals surface area contributed by atoms with Crippen LogP contribution in [0.25, 0.3) is 0 Å². The van der Waals surface area contributed by atoms with Crippen LogP contribution in [0.15, 0.2) is 0 Å². The van der Waals surface area contributed by atoms with Crippen LogP contribution >= 0.6 is 0 Å². The van der Waals surface area contributed by atoms with E-state index in [0.29, 0.717) is 0 Å². The van der Waals surface area contributed by atoms with Crippen LogP contribution in [0.4, 0.5) is 0 Å². The first-order valence-corrected chi connectivity index (χ1v) is 0. The van der Waals surface area contributed by atoms with Gasteiger partial charge >= 0.3 is 917 Å². The van der Waals surface area contributed by atoms with Gasteiger partial charge < -0.3 is 383 Å². The molecule has 0 bridgehead atoms. The molecule has 0 aromatic rings. The molecule has 0 atom stereocenters. The summed E-state index contributed by atoms with van der Waals surface area (Å²) in [6.45, 7) is 0. The molecule has 0 amide bonds. The molecule has 0 unspecified atom stereocenters. The van der Waals surface area contributed by atoms with E-state index in [1.807, 2.05) is 0 Å². The van der Waals surface area contributed by atoms with Gasteiger partial charge in [-0.2, -0.15) is 0 Å². The molecule has 0 aliphatic carbocycles. The average molecular weight is 8430 g/mol. The van der Waals surface area contributed by atoms with Crippen molar-refractivity contribution in [3.05, 3.63) is 0 Å². The fourth-order valence-corrected chi connectivity index (χ4v) is 0. The summed E-state index contributed by atoms with van der Waals surface area (Å²) >= 11 is 0. The molecule has 0 N–H and O–H groups in total. The van der Waals surface area contributed by atoms with E-state index in [1.54, 1.807) is 0 Å². The molecule has 0 aliphatic rings. The van der Waals surface area contributed by atoms with E-state index in [2.05, 4.69) is 0 Å². The summed E-state index contributed by atoms with van der Waals surface area (Å²) in [7, 11) is 0. The van der Waals surface area contributed by atoms with E-state index in [4.69, 9.17) is 0 Å². The Morgan fingerprint density at radius 3 is 0.0190 bits per heavy atom. The third-order valence-corrected chi connectivity index (χ3v) is 0. The van der Waals surface area contributed by atoms with E-state index in [-0.39, 0.29) is 1300 Å². The van der Waals surface area contributed by atoms with Crippen molar-refractivity contribution in [1.29, 1.82) is 0 Å². The van der Waals surface area contributed by atoms with Crippen LogP contribution in [0.1, 0.15) is 0 Å². The molecular formula is Bi35O70-35. The minimum atomic E-state index is 0. The van der Waals surface area contributed by atoms with E-state index < -0.39 is 0 Å². The van der Waals surface area contributed by atoms with E-state index in [1.165, 1.54) is 0 Å². The molecule has 105 heavy (non-hydrogen) atoms. The molecule has 630 valence electrons. The summed E-state index contributed by atoms with van der Waals surface area (Å²) in [6.07, 6.45) is 0. The third kappa shape index (κ3) is 2830. The van der Waals surface area contributed by atoms with Crippen molar-refractivity contribution < 1.29 is 383 Å². The first kappa shape index (κ1) is 2940. The Morgan fingerprint density at radius 2 is 0.0190 bits per heavy atom. The molecule has 0 saturated carbocycles. The normalized spacial score (nSPS) is 0. The van der Waals surface area contributed by atoms with Crippen molar-refractivity contribution in [2.75, 3.05) is 0 Å². The smallest absolute Gasteiger partial charge is 2.00 e. The molecule has 70 nitrogen and oxygen atoms in total. The van der Waals surface area contributed by atoms with Gasteiger partial charge in [-0.25, -0.2) is 0 Å². The molecule has 105 heteroatoms. The third-order valence-electron chi connectivity index (χ3n) is 0. The van der Waals surface area contributed by atoms with Gasteiger partial charge in [-0.3, -0.25) is 0 Å². The Labute approximate surface area is 1270 Å². The Morgan fingerprint density at radius 1 is 0.0190 bits per heavy atom. The minimum Gasteiger partial charge on any atom is -2.00 e. The van der Waals surface area contributed by atoms with E-state index in [0.717, 1.165) is 0 Å². The molecule has 0 aromatic carbocycles. The second-order valence-electron chi connectivity index (χ2n) is 0. The standard InChI is InChI=1S/35Bi.70O/q35*+3;70*-2. The zero-order valence-electron chi connectivity index (χ0n) is 44.2. The summed E-state index contributed by atoms with van der Waals surface area (Å²) in [5.74, 6) is 0. The van der Waals surface area contributed by atoms with Crippen LogP contribution < -0.4 is 0 Å². The Kier molecular flexibility index (Phi) is 80500. The van der Waals surface area contributed by atoms with Crippen molar-refractivity contribution in [2.24, 2.45) is 0 Å². The Hall–Kier alpha value is 28.1. The van der Waals surface area contributed by atoms with E-state index in [9.17, 15) is 0 Å². The van der Waals surface area contributed by atoms with Gasteiger partial charge in [-0.15, -0.1) is 0 Å². The largest absolute Gasteiger partial charge is 3.00 e. The van der Waals surface area contributed by atoms with Gasteiger partial charge in [0.25, 0.3) is 0 Å². The number of hydrogen-bond acceptors (Lipinski definition) is 0. The maximum atomic E-state index is 0. The van der Waals surface area contributed by atoms with Crippen molar-refractivity contribution in [2.45, 2.75) is 0 Å². The van der Waals surface area contributed by atoms with Gasteiger partial charge in [0.2, 0.25) is 0 Å². The number of hydrogen-bond donors (Lipinski definition) is 0. The average Bonchev–Trinajstić information content (AvgIpc) is 0. The Balaban J connectivity index is 0. The van der Waals surface area contributed by atoms with Crippen molar-refractivity contribution in [3.8, 4) is 0 Å². The number of rotatable bonds is 0. The SMILES string of the molecule is [Bi+3].[Bi+3].[Bi+3].[Bi+3].[Bi+3].[Bi+3].[Bi+3].[Bi+3].[Bi+3].[Bi+3].[Bi+3].[Bi+3].[Bi+3].[Bi+3].[Bi+3].[Bi+3].[Bi+3].[Bi+3].[Bi+3].[Bi+3].[Bi+3].[Bi+3].[Bi+3].[Bi+3].[Bi+3].[Bi+3].[Bi+3].[Bi+3].[Bi+3].[Bi+3].[Bi+3].[Bi+3].[Bi+3].[Bi+3].[Bi+3].[O-2].[O-2].[O-2].[O-2].[O-2].[O-2].[O-2].[O-2].[O-2].[O-2].[O-2].[O-2].[O-2].[O-2].[O-2].[O-2].[O-2].[O-2].[O-2].[O-2].[O-2].[O-2].[O-2].[O-2].[O-2].[O-2].[O-2].[O-2].[O-2].[O-2].[O-2].[O-2].[O-2].[O-2].[O-2].[O-2].[O-2].[O-2].[O-2].[O-2].[O-2].[O-2].[O-2].[O-2].[O-2].[O-2].[O-2].[O-2].[O-2].[O-2].[O-2].[O-2].[O-2].[O-2].[O-2].[O-2].[O-2].[O-2].[O-2].[O-2].[O-2].[O-2].[O-2].[O-2].[O-2].[O-2].[O-2].[O-2].[O-2].[O-2]. The molecule has 0 aliphatic heterocycles. The minimum absolute atomic E-state index is 0. The fraction of sp³-hybridized carbons (Fsp3) is 0. The van der Waals surface area contributed by atoms with Gasteiger partial charge in [0.1, 0.15) is 0 Å². The predicted molar refractivity (Wildman–Crippen MR) is 249 cm³/mol. The summed E-state index contributed by atoms with van der Waals surface area (Å²) in [6, 6.07) is 0. The summed E-state index contributed by atoms with van der Waals surface area (Å²) in [5, 5.41) is 0. The van der Waals surface area contributed by atoms with Gasteiger partial charge in [0.15, 0.2) is 0 Å². The second kappa shape index (κ2) is 2870. The maximum absolute atomic E-state index is 0. The topological polar surface area (TPSA) is 2000 Å². The first-order chi connectivity index (χ1) is 0. The molecule has 0 rings (SSSR count). The van der Waals surface area contributed by atoms with Crippen molar-refractivity contribution >= 4 is 917 Å². The monoisotopic (exact) mass is 8430 g/mol. The van der Waals surface area contributed by atoms with Crippen LogP contribution in [0.5, 0.6) is 0 Å². The molecule has 0 fully saturated rings. The van der Waals surface area contributed by atoms with Gasteiger partial charge in [-0.05, 0) is 0 Å². The molecule has 0 spiro atoms. The van der Waals surface area contributed by atoms with Crippen LogP contribution in [-0.4, -0.2) is 917 Å². The first-order valence-electron chi connectivity index (χ1n) is 0. The zero-order valence-corrected chi connectivity index (χ0v) is 166. The molecular weight excluding hydrogens is 8430 g/mol. The second-order valence-corrected chi connectivity index (χ2v) is 0. The van der Waals surface area contributed by atoms with Crippen LogP contribution in [-0.2, 0) is 383 Å². The summed E-state index contributed by atoms with van der Waals surface area (Å²) in [5.41, 5.74) is 0.